The molecule has 0 aliphatic rings. The van der Waals surface area contributed by atoms with Gasteiger partial charge in [0.05, 0.1) is 0 Å². The van der Waals surface area contributed by atoms with Crippen LogP contribution in [0.25, 0.3) is 0 Å². The Morgan fingerprint density at radius 1 is 0.457 bits per heavy atom. The Hall–Kier alpha value is 1.01. The van der Waals surface area contributed by atoms with Gasteiger partial charge in [-0.05, 0) is 41.8 Å². The summed E-state index contributed by atoms with van der Waals surface area (Å²) in [7, 11) is -8.18. The molecule has 0 nitrogen and oxygen atoms in total. The number of aryl methyl sites for hydroxylation is 3. The van der Waals surface area contributed by atoms with Gasteiger partial charge in [-0.1, -0.05) is 180 Å². The Labute approximate surface area is 308 Å². The van der Waals surface area contributed by atoms with Gasteiger partial charge < -0.3 is 34.0 Å². The molecule has 2 aromatic carbocycles. The second-order valence-electron chi connectivity index (χ2n) is 21.0. The van der Waals surface area contributed by atoms with E-state index in [0.29, 0.717) is 15.5 Å². The normalized spacial score (nSPS) is 15.7. The molecule has 2 rings (SSSR count). The Morgan fingerprint density at radius 2 is 0.739 bits per heavy atom. The van der Waals surface area contributed by atoms with E-state index in [9.17, 15) is 0 Å². The lowest BCUT2D eigenvalue weighted by Gasteiger charge is -2.53. The first kappa shape index (κ1) is 43.2. The lowest BCUT2D eigenvalue weighted by atomic mass is 10.1. The fourth-order valence-electron chi connectivity index (χ4n) is 10.4. The van der Waals surface area contributed by atoms with Crippen LogP contribution in [-0.2, 0) is 23.7 Å². The van der Waals surface area contributed by atoms with Gasteiger partial charge in [0, 0.05) is 54.8 Å². The second kappa shape index (κ2) is 14.2. The van der Waals surface area contributed by atoms with Crippen molar-refractivity contribution in [3.63, 3.8) is 0 Å². The molecule has 46 heavy (non-hydrogen) atoms. The number of hydrogen-bond acceptors (Lipinski definition) is 3. The van der Waals surface area contributed by atoms with Gasteiger partial charge in [-0.3, -0.25) is 0 Å². The Kier molecular flexibility index (Phi) is 13.3. The number of rotatable bonds is 12. The van der Waals surface area contributed by atoms with Gasteiger partial charge >= 0.3 is 0 Å². The highest BCUT2D eigenvalue weighted by molar-refractivity contribution is 8.81. The molecule has 2 aromatic rings. The van der Waals surface area contributed by atoms with E-state index in [2.05, 4.69) is 163 Å². The van der Waals surface area contributed by atoms with E-state index in [1.165, 1.54) is 21.9 Å². The quantitative estimate of drug-likeness (QED) is 0.119. The summed E-state index contributed by atoms with van der Waals surface area (Å²) in [5.41, 5.74) is 9.06. The van der Waals surface area contributed by atoms with Gasteiger partial charge in [0.1, 0.15) is 0 Å². The average Bonchev–Trinajstić information content (AvgIpc) is 2.71. The maximum Gasteiger partial charge on any atom is 0.0493 e. The van der Waals surface area contributed by atoms with Crippen molar-refractivity contribution in [2.75, 3.05) is 0 Å². The molecule has 0 aliphatic heterocycles. The highest BCUT2D eigenvalue weighted by Gasteiger charge is 2.48. The minimum atomic E-state index is -2.84. The zero-order valence-corrected chi connectivity index (χ0v) is 43.2. The molecule has 0 radical (unpaired) electrons. The van der Waals surface area contributed by atoms with Crippen molar-refractivity contribution in [3.05, 3.63) is 57.6 Å². The first-order valence-electron chi connectivity index (χ1n) is 17.5. The first-order valence-corrected chi connectivity index (χ1v) is 44.5. The minimum Gasteiger partial charge on any atom is -0.778 e. The molecule has 262 valence electrons. The summed E-state index contributed by atoms with van der Waals surface area (Å²) in [5, 5.41) is 4.94. The molecule has 10 heteroatoms. The molecule has 1 unspecified atom stereocenters. The molecule has 0 bridgehead atoms. The zero-order chi connectivity index (χ0) is 36.4. The van der Waals surface area contributed by atoms with Crippen molar-refractivity contribution in [3.8, 4) is 0 Å². The molecule has 0 spiro atoms. The van der Waals surface area contributed by atoms with Gasteiger partial charge in [-0.25, -0.2) is 0 Å². The summed E-state index contributed by atoms with van der Waals surface area (Å²) in [4.78, 5) is 0. The van der Waals surface area contributed by atoms with Crippen molar-refractivity contribution in [2.45, 2.75) is 154 Å². The van der Waals surface area contributed by atoms with Gasteiger partial charge in [0.2, 0.25) is 0 Å². The van der Waals surface area contributed by atoms with Gasteiger partial charge in [-0.15, -0.1) is 0 Å². The molecule has 1 atom stereocenters. The van der Waals surface area contributed by atoms with E-state index >= 15 is 0 Å². The Balaban J connectivity index is 3.59. The van der Waals surface area contributed by atoms with Crippen LogP contribution < -0.4 is 10.4 Å². The maximum absolute atomic E-state index is 7.29. The molecule has 0 fully saturated rings. The van der Waals surface area contributed by atoms with Gasteiger partial charge in [0.15, 0.2) is 0 Å². The van der Waals surface area contributed by atoms with Crippen LogP contribution in [0.5, 0.6) is 0 Å². The second-order valence-corrected chi connectivity index (χ2v) is 63.5. The Bertz CT molecular complexity index is 1280. The van der Waals surface area contributed by atoms with Crippen molar-refractivity contribution in [1.29, 1.82) is 0 Å². The molecule has 0 saturated carbocycles. The van der Waals surface area contributed by atoms with Crippen LogP contribution in [-0.4, -0.2) is 54.8 Å². The van der Waals surface area contributed by atoms with Crippen molar-refractivity contribution >= 4 is 99.2 Å². The van der Waals surface area contributed by atoms with E-state index in [-0.39, 0.29) is 0 Å². The Morgan fingerprint density at radius 3 is 0.978 bits per heavy atom. The first-order chi connectivity index (χ1) is 20.2. The molecule has 0 aromatic heterocycles. The van der Waals surface area contributed by atoms with E-state index < -0.39 is 54.8 Å². The third kappa shape index (κ3) is 9.46. The fraction of sp³-hybridized carbons (Fsp3) is 0.667. The van der Waals surface area contributed by atoms with Crippen LogP contribution in [0.1, 0.15) is 48.9 Å². The molecule has 0 saturated heterocycles. The summed E-state index contributed by atoms with van der Waals surface area (Å²) < 4.78 is 0. The fourth-order valence-corrected chi connectivity index (χ4v) is 57.3. The van der Waals surface area contributed by atoms with E-state index in [0.717, 1.165) is 0 Å². The smallest absolute Gasteiger partial charge is 0.0493 e. The van der Waals surface area contributed by atoms with Crippen molar-refractivity contribution < 1.29 is 0 Å². The van der Waals surface area contributed by atoms with Crippen LogP contribution in [0, 0.1) is 20.8 Å². The third-order valence-electron chi connectivity index (χ3n) is 9.83. The average molecular weight is 796 g/mol. The van der Waals surface area contributed by atoms with Crippen molar-refractivity contribution in [1.82, 2.24) is 0 Å². The summed E-state index contributed by atoms with van der Waals surface area (Å²) in [6, 6.07) is 10.4. The summed E-state index contributed by atoms with van der Waals surface area (Å²) in [6.07, 6.45) is -2.84. The van der Waals surface area contributed by atoms with E-state index in [1.807, 2.05) is 0 Å². The molecular formula is C36H70S3Si7-2. The highest BCUT2D eigenvalue weighted by atomic mass is 33.2. The zero-order valence-electron chi connectivity index (χ0n) is 33.8. The van der Waals surface area contributed by atoms with Crippen LogP contribution in [0.2, 0.25) is 118 Å². The third-order valence-corrected chi connectivity index (χ3v) is 47.7. The van der Waals surface area contributed by atoms with Crippen LogP contribution in [0.3, 0.4) is 0 Å². The largest absolute Gasteiger partial charge is 0.778 e. The minimum absolute atomic E-state index is 0.615. The monoisotopic (exact) mass is 794 g/mol. The SMILES string of the molecule is Cc1cc(C)c([Si]([S-])(S[S-])c2c(C([Si](C)(C)C)[Si](C)(C)C)cc(C([Si](C)(C)C)[Si](C)(C)C)cc2C([Si](C)(C)C)[Si](C)(C)C)c(C)c1. The van der Waals surface area contributed by atoms with Crippen LogP contribution >= 0.6 is 10.2 Å². The molecule has 0 aliphatic carbocycles. The predicted octanol–water partition coefficient (Wildman–Crippen LogP) is 11.4. The lowest BCUT2D eigenvalue weighted by molar-refractivity contribution is 1.10. The van der Waals surface area contributed by atoms with E-state index in [4.69, 9.17) is 23.7 Å². The van der Waals surface area contributed by atoms with Crippen LogP contribution in [0.4, 0.5) is 0 Å². The van der Waals surface area contributed by atoms with Crippen LogP contribution in [0.15, 0.2) is 24.3 Å². The number of hydrogen-bond donors (Lipinski definition) is 0. The molecule has 0 N–H and O–H groups in total. The lowest BCUT2D eigenvalue weighted by Crippen LogP contribution is -2.63. The highest BCUT2D eigenvalue weighted by Crippen LogP contribution is 2.45. The van der Waals surface area contributed by atoms with Crippen molar-refractivity contribution in [2.24, 2.45) is 0 Å². The summed E-state index contributed by atoms with van der Waals surface area (Å²) in [6.45, 7) is 54.4. The standard InChI is InChI=1S/C36H71S3Si7/c1-26-22-27(2)32(28(3)23-26)46(38,39-37)33-30(35(42(10,11)12)43(13,14)15)24-29(34(40(4,5)6)41(7,8)9)25-31(33)36(44(16,17)18)45(19,20)21/h22-25,34-37H,1-21H3/q-1/p-1. The topological polar surface area (TPSA) is 0 Å². The molecule has 0 heterocycles. The van der Waals surface area contributed by atoms with Gasteiger partial charge in [0.25, 0.3) is 0 Å². The number of benzene rings is 2. The molecule has 0 amide bonds. The summed E-state index contributed by atoms with van der Waals surface area (Å²) in [5.74, 6) is 0. The predicted molar refractivity (Wildman–Crippen MR) is 243 cm³/mol. The van der Waals surface area contributed by atoms with E-state index in [1.54, 1.807) is 32.1 Å². The van der Waals surface area contributed by atoms with Gasteiger partial charge in [-0.2, -0.15) is 0 Å². The summed E-state index contributed by atoms with van der Waals surface area (Å²) >= 11 is 13.6. The molecular weight excluding hydrogens is 725 g/mol. The maximum atomic E-state index is 7.29.